The molecule has 2 N–H and O–H groups in total. The van der Waals surface area contributed by atoms with Gasteiger partial charge in [0.05, 0.1) is 0 Å². The van der Waals surface area contributed by atoms with Gasteiger partial charge in [-0.3, -0.25) is 9.97 Å². The molecule has 0 bridgehead atoms. The second kappa shape index (κ2) is 7.26. The molecule has 0 radical (unpaired) electrons. The maximum Gasteiger partial charge on any atom is 0.350 e. The van der Waals surface area contributed by atoms with Crippen LogP contribution in [0.15, 0.2) is 9.59 Å². The van der Waals surface area contributed by atoms with Crippen molar-refractivity contribution in [3.05, 3.63) is 26.8 Å². The molecule has 0 aromatic carbocycles. The SMILES string of the molecule is O=c1nc(C2CCCCCCCCCC2)[nH]c(=O)[nH]1. The molecule has 5 heteroatoms. The Morgan fingerprint density at radius 1 is 0.789 bits per heavy atom. The molecule has 0 amide bonds. The van der Waals surface area contributed by atoms with Crippen molar-refractivity contribution in [3.63, 3.8) is 0 Å². The fraction of sp³-hybridized carbons (Fsp3) is 0.786. The van der Waals surface area contributed by atoms with Gasteiger partial charge >= 0.3 is 11.4 Å². The van der Waals surface area contributed by atoms with Crippen LogP contribution in [0.4, 0.5) is 0 Å². The van der Waals surface area contributed by atoms with Gasteiger partial charge in [0.25, 0.3) is 0 Å². The summed E-state index contributed by atoms with van der Waals surface area (Å²) in [5.41, 5.74) is -0.975. The lowest BCUT2D eigenvalue weighted by atomic mass is 9.94. The lowest BCUT2D eigenvalue weighted by Gasteiger charge is -2.14. The van der Waals surface area contributed by atoms with E-state index in [0.717, 1.165) is 25.7 Å². The van der Waals surface area contributed by atoms with Crippen LogP contribution >= 0.6 is 0 Å². The van der Waals surface area contributed by atoms with Crippen LogP contribution in [0.5, 0.6) is 0 Å². The first-order chi connectivity index (χ1) is 9.25. The summed E-state index contributed by atoms with van der Waals surface area (Å²) in [4.78, 5) is 31.4. The average Bonchev–Trinajstić information content (AvgIpc) is 2.42. The van der Waals surface area contributed by atoms with E-state index in [2.05, 4.69) is 15.0 Å². The average molecular weight is 265 g/mol. The highest BCUT2D eigenvalue weighted by molar-refractivity contribution is 4.94. The molecule has 2 rings (SSSR count). The fourth-order valence-electron chi connectivity index (χ4n) is 2.86. The van der Waals surface area contributed by atoms with E-state index in [0.29, 0.717) is 5.82 Å². The lowest BCUT2D eigenvalue weighted by molar-refractivity contribution is 0.489. The minimum Gasteiger partial charge on any atom is -0.295 e. The molecule has 0 atom stereocenters. The highest BCUT2D eigenvalue weighted by atomic mass is 16.2. The first kappa shape index (κ1) is 14.0. The number of nitrogens with zero attached hydrogens (tertiary/aromatic N) is 1. The summed E-state index contributed by atoms with van der Waals surface area (Å²) in [6.45, 7) is 0. The van der Waals surface area contributed by atoms with Crippen LogP contribution < -0.4 is 11.4 Å². The van der Waals surface area contributed by atoms with E-state index in [1.165, 1.54) is 38.5 Å². The zero-order chi connectivity index (χ0) is 13.5. The van der Waals surface area contributed by atoms with Gasteiger partial charge in [-0.1, -0.05) is 51.4 Å². The van der Waals surface area contributed by atoms with Crippen molar-refractivity contribution in [1.29, 1.82) is 0 Å². The van der Waals surface area contributed by atoms with Gasteiger partial charge in [-0.15, -0.1) is 0 Å². The van der Waals surface area contributed by atoms with E-state index in [9.17, 15) is 9.59 Å². The van der Waals surface area contributed by atoms with Crippen molar-refractivity contribution in [2.75, 3.05) is 0 Å². The summed E-state index contributed by atoms with van der Waals surface area (Å²) in [6.07, 6.45) is 12.1. The van der Waals surface area contributed by atoms with Crippen LogP contribution in [-0.2, 0) is 0 Å². The summed E-state index contributed by atoms with van der Waals surface area (Å²) in [5.74, 6) is 0.807. The maximum absolute atomic E-state index is 11.3. The van der Waals surface area contributed by atoms with Gasteiger partial charge in [0.2, 0.25) is 0 Å². The first-order valence-corrected chi connectivity index (χ1v) is 7.46. The Balaban J connectivity index is 2.09. The largest absolute Gasteiger partial charge is 0.350 e. The Kier molecular flexibility index (Phi) is 5.36. The van der Waals surface area contributed by atoms with Crippen LogP contribution in [0.25, 0.3) is 0 Å². The minimum absolute atomic E-state index is 0.230. The second-order valence-electron chi connectivity index (χ2n) is 5.48. The summed E-state index contributed by atoms with van der Waals surface area (Å²) in [7, 11) is 0. The standard InChI is InChI=1S/C14H23N3O2/c18-13-15-12(16-14(19)17-13)11-9-7-5-3-1-2-4-6-8-10-11/h11H,1-10H2,(H2,15,16,17,18,19). The van der Waals surface area contributed by atoms with Gasteiger partial charge in [-0.25, -0.2) is 9.59 Å². The van der Waals surface area contributed by atoms with E-state index < -0.39 is 11.4 Å². The van der Waals surface area contributed by atoms with Crippen LogP contribution in [-0.4, -0.2) is 15.0 Å². The predicted octanol–water partition coefficient (Wildman–Crippen LogP) is 2.46. The number of H-pyrrole nitrogens is 2. The van der Waals surface area contributed by atoms with Crippen molar-refractivity contribution in [3.8, 4) is 0 Å². The highest BCUT2D eigenvalue weighted by Crippen LogP contribution is 2.26. The Labute approximate surface area is 112 Å². The van der Waals surface area contributed by atoms with Gasteiger partial charge < -0.3 is 0 Å². The number of aromatic nitrogens is 3. The Morgan fingerprint density at radius 2 is 1.32 bits per heavy atom. The smallest absolute Gasteiger partial charge is 0.295 e. The van der Waals surface area contributed by atoms with Crippen molar-refractivity contribution < 1.29 is 0 Å². The van der Waals surface area contributed by atoms with Crippen LogP contribution in [0.3, 0.4) is 0 Å². The molecule has 1 aromatic rings. The third kappa shape index (κ3) is 4.65. The van der Waals surface area contributed by atoms with Crippen LogP contribution in [0.1, 0.15) is 76.0 Å². The Bertz CT molecular complexity index is 452. The number of rotatable bonds is 1. The summed E-state index contributed by atoms with van der Waals surface area (Å²) < 4.78 is 0. The summed E-state index contributed by atoms with van der Waals surface area (Å²) in [6, 6.07) is 0. The first-order valence-electron chi connectivity index (χ1n) is 7.46. The normalized spacial score (nSPS) is 19.8. The van der Waals surface area contributed by atoms with Gasteiger partial charge in [0, 0.05) is 5.92 Å². The van der Waals surface area contributed by atoms with E-state index in [-0.39, 0.29) is 5.92 Å². The molecule has 1 fully saturated rings. The van der Waals surface area contributed by atoms with Crippen LogP contribution in [0.2, 0.25) is 0 Å². The topological polar surface area (TPSA) is 78.6 Å². The number of nitrogens with one attached hydrogen (secondary N) is 2. The zero-order valence-corrected chi connectivity index (χ0v) is 11.4. The minimum atomic E-state index is -0.534. The molecule has 0 unspecified atom stereocenters. The molecule has 106 valence electrons. The predicted molar refractivity (Wildman–Crippen MR) is 74.4 cm³/mol. The molecule has 0 saturated heterocycles. The Hall–Kier alpha value is -1.39. The molecule has 0 spiro atoms. The number of aromatic amines is 2. The summed E-state index contributed by atoms with van der Waals surface area (Å²) >= 11 is 0. The Morgan fingerprint density at radius 3 is 1.84 bits per heavy atom. The second-order valence-corrected chi connectivity index (χ2v) is 5.48. The molecule has 1 aliphatic rings. The zero-order valence-electron chi connectivity index (χ0n) is 11.4. The highest BCUT2D eigenvalue weighted by Gasteiger charge is 2.15. The van der Waals surface area contributed by atoms with Gasteiger partial charge in [0.1, 0.15) is 5.82 Å². The van der Waals surface area contributed by atoms with E-state index in [1.807, 2.05) is 0 Å². The molecule has 19 heavy (non-hydrogen) atoms. The maximum atomic E-state index is 11.3. The van der Waals surface area contributed by atoms with Gasteiger partial charge in [-0.05, 0) is 12.8 Å². The van der Waals surface area contributed by atoms with Crippen molar-refractivity contribution in [2.24, 2.45) is 0 Å². The summed E-state index contributed by atoms with van der Waals surface area (Å²) in [5, 5.41) is 0. The lowest BCUT2D eigenvalue weighted by Crippen LogP contribution is -2.28. The van der Waals surface area contributed by atoms with E-state index >= 15 is 0 Å². The van der Waals surface area contributed by atoms with E-state index in [4.69, 9.17) is 0 Å². The molecule has 1 heterocycles. The third-order valence-electron chi connectivity index (χ3n) is 3.93. The molecule has 1 saturated carbocycles. The van der Waals surface area contributed by atoms with Crippen LogP contribution in [0, 0.1) is 0 Å². The molecule has 0 aliphatic heterocycles. The molecular formula is C14H23N3O2. The third-order valence-corrected chi connectivity index (χ3v) is 3.93. The monoisotopic (exact) mass is 265 g/mol. The molecule has 1 aliphatic carbocycles. The quantitative estimate of drug-likeness (QED) is 0.818. The number of hydrogen-bond acceptors (Lipinski definition) is 3. The van der Waals surface area contributed by atoms with E-state index in [1.54, 1.807) is 0 Å². The van der Waals surface area contributed by atoms with Crippen molar-refractivity contribution in [1.82, 2.24) is 15.0 Å². The van der Waals surface area contributed by atoms with Crippen molar-refractivity contribution >= 4 is 0 Å². The number of hydrogen-bond donors (Lipinski definition) is 2. The van der Waals surface area contributed by atoms with Crippen molar-refractivity contribution in [2.45, 2.75) is 70.1 Å². The van der Waals surface area contributed by atoms with Gasteiger partial charge in [-0.2, -0.15) is 4.98 Å². The molecule has 5 nitrogen and oxygen atoms in total. The molecule has 1 aromatic heterocycles. The van der Waals surface area contributed by atoms with Gasteiger partial charge in [0.15, 0.2) is 0 Å². The fourth-order valence-corrected chi connectivity index (χ4v) is 2.86. The molecular weight excluding hydrogens is 242 g/mol.